The van der Waals surface area contributed by atoms with Crippen LogP contribution >= 0.6 is 0 Å². The molecule has 3 nitrogen and oxygen atoms in total. The quantitative estimate of drug-likeness (QED) is 0.641. The molecule has 2 aliphatic rings. The molecule has 2 atom stereocenters. The topological polar surface area (TPSA) is 27.6 Å². The Morgan fingerprint density at radius 2 is 2.21 bits per heavy atom. The molecule has 6 heteroatoms. The van der Waals surface area contributed by atoms with Crippen LogP contribution < -0.4 is 5.32 Å². The number of fused-ring (bicyclic) bond motifs is 1. The van der Waals surface area contributed by atoms with Gasteiger partial charge in [-0.15, -0.1) is 0 Å². The number of nitrogens with one attached hydrogen (secondary N) is 1. The molecule has 2 unspecified atom stereocenters. The van der Waals surface area contributed by atoms with E-state index < -0.39 is 12.2 Å². The highest BCUT2D eigenvalue weighted by atomic mass is 19.4. The van der Waals surface area contributed by atoms with Crippen molar-refractivity contribution < 1.29 is 13.2 Å². The molecule has 0 bridgehead atoms. The van der Waals surface area contributed by atoms with Crippen LogP contribution in [0.3, 0.4) is 0 Å². The summed E-state index contributed by atoms with van der Waals surface area (Å²) in [7, 11) is 0. The van der Waals surface area contributed by atoms with E-state index in [1.165, 1.54) is 4.90 Å². The van der Waals surface area contributed by atoms with Crippen LogP contribution in [0, 0.1) is 0 Å². The summed E-state index contributed by atoms with van der Waals surface area (Å²) in [6.07, 6.45) is -4.08. The third kappa shape index (κ3) is 1.53. The number of hydrogen-bond acceptors (Lipinski definition) is 3. The minimum absolute atomic E-state index is 0.0525. The van der Waals surface area contributed by atoms with E-state index in [0.717, 1.165) is 0 Å². The van der Waals surface area contributed by atoms with E-state index in [0.29, 0.717) is 12.5 Å². The number of halogens is 3. The highest BCUT2D eigenvalue weighted by Crippen LogP contribution is 2.30. The minimum atomic E-state index is -4.15. The van der Waals surface area contributed by atoms with Crippen molar-refractivity contribution in [1.29, 1.82) is 0 Å². The summed E-state index contributed by atoms with van der Waals surface area (Å²) in [4.78, 5) is 5.36. The first kappa shape index (κ1) is 9.61. The summed E-state index contributed by atoms with van der Waals surface area (Å²) in [6.45, 7) is 2.51. The molecule has 14 heavy (non-hydrogen) atoms. The fraction of sp³-hybridized carbons (Fsp3) is 0.875. The lowest BCUT2D eigenvalue weighted by Gasteiger charge is -2.33. The van der Waals surface area contributed by atoms with Crippen LogP contribution in [0.1, 0.15) is 13.3 Å². The number of rotatable bonds is 0. The second-order valence-electron chi connectivity index (χ2n) is 3.75. The molecule has 0 spiro atoms. The summed E-state index contributed by atoms with van der Waals surface area (Å²) >= 11 is 0. The van der Waals surface area contributed by atoms with Crippen LogP contribution in [0.25, 0.3) is 0 Å². The predicted molar refractivity (Wildman–Crippen MR) is 46.1 cm³/mol. The number of nitrogens with zero attached hydrogens (tertiary/aromatic N) is 2. The SMILES string of the molecule is CC1CN2C(=NCCC2C(F)(F)F)N1. The summed E-state index contributed by atoms with van der Waals surface area (Å²) in [5.41, 5.74) is 0. The predicted octanol–water partition coefficient (Wildman–Crippen LogP) is 0.971. The molecule has 2 rings (SSSR count). The van der Waals surface area contributed by atoms with E-state index >= 15 is 0 Å². The molecule has 2 aliphatic heterocycles. The number of guanidine groups is 1. The Bertz CT molecular complexity index is 261. The van der Waals surface area contributed by atoms with Crippen LogP contribution in [0.15, 0.2) is 4.99 Å². The normalized spacial score (nSPS) is 32.3. The van der Waals surface area contributed by atoms with Crippen LogP contribution in [0.2, 0.25) is 0 Å². The first-order chi connectivity index (χ1) is 6.48. The third-order valence-corrected chi connectivity index (χ3v) is 2.54. The van der Waals surface area contributed by atoms with Gasteiger partial charge in [-0.05, 0) is 13.3 Å². The Balaban J connectivity index is 2.19. The summed E-state index contributed by atoms with van der Waals surface area (Å²) in [6, 6.07) is -1.30. The van der Waals surface area contributed by atoms with Crippen molar-refractivity contribution in [3.05, 3.63) is 0 Å². The van der Waals surface area contributed by atoms with Crippen molar-refractivity contribution in [2.24, 2.45) is 4.99 Å². The molecule has 2 heterocycles. The average molecular weight is 207 g/mol. The standard InChI is InChI=1S/C8H12F3N3/c1-5-4-14-6(8(9,10)11)2-3-12-7(14)13-5/h5-6H,2-4H2,1H3,(H,12,13). The fourth-order valence-corrected chi connectivity index (χ4v) is 1.93. The van der Waals surface area contributed by atoms with Crippen molar-refractivity contribution in [1.82, 2.24) is 10.2 Å². The first-order valence-electron chi connectivity index (χ1n) is 4.63. The van der Waals surface area contributed by atoms with Gasteiger partial charge in [-0.25, -0.2) is 0 Å². The van der Waals surface area contributed by atoms with Gasteiger partial charge in [0.1, 0.15) is 6.04 Å². The first-order valence-corrected chi connectivity index (χ1v) is 4.63. The Hall–Kier alpha value is -0.940. The van der Waals surface area contributed by atoms with Gasteiger partial charge in [-0.1, -0.05) is 0 Å². The van der Waals surface area contributed by atoms with Gasteiger partial charge in [0.25, 0.3) is 0 Å². The number of aliphatic imine (C=N–C) groups is 1. The molecule has 80 valence electrons. The average Bonchev–Trinajstić information content (AvgIpc) is 2.41. The van der Waals surface area contributed by atoms with Gasteiger partial charge < -0.3 is 10.2 Å². The molecule has 0 aromatic rings. The third-order valence-electron chi connectivity index (χ3n) is 2.54. The molecule has 0 radical (unpaired) electrons. The lowest BCUT2D eigenvalue weighted by molar-refractivity contribution is -0.175. The van der Waals surface area contributed by atoms with Crippen LogP contribution in [0.4, 0.5) is 13.2 Å². The second-order valence-corrected chi connectivity index (χ2v) is 3.75. The molecule has 1 fully saturated rings. The summed E-state index contributed by atoms with van der Waals surface area (Å²) in [5.74, 6) is 0.408. The maximum atomic E-state index is 12.6. The Morgan fingerprint density at radius 1 is 1.50 bits per heavy atom. The van der Waals surface area contributed by atoms with E-state index in [4.69, 9.17) is 0 Å². The smallest absolute Gasteiger partial charge is 0.352 e. The van der Waals surface area contributed by atoms with E-state index in [1.54, 1.807) is 0 Å². The van der Waals surface area contributed by atoms with Gasteiger partial charge >= 0.3 is 6.18 Å². The highest BCUT2D eigenvalue weighted by molar-refractivity contribution is 5.83. The van der Waals surface area contributed by atoms with Gasteiger partial charge in [0.2, 0.25) is 0 Å². The Labute approximate surface area is 80.0 Å². The number of hydrogen-bond donors (Lipinski definition) is 1. The minimum Gasteiger partial charge on any atom is -0.352 e. The van der Waals surface area contributed by atoms with Crippen molar-refractivity contribution in [3.8, 4) is 0 Å². The van der Waals surface area contributed by atoms with E-state index in [1.807, 2.05) is 6.92 Å². The van der Waals surface area contributed by atoms with Crippen molar-refractivity contribution in [2.75, 3.05) is 13.1 Å². The molecule has 0 amide bonds. The van der Waals surface area contributed by atoms with Gasteiger partial charge in [0.05, 0.1) is 0 Å². The lowest BCUT2D eigenvalue weighted by Crippen LogP contribution is -2.50. The fourth-order valence-electron chi connectivity index (χ4n) is 1.93. The Kier molecular flexibility index (Phi) is 2.08. The van der Waals surface area contributed by atoms with Crippen molar-refractivity contribution in [2.45, 2.75) is 31.6 Å². The van der Waals surface area contributed by atoms with E-state index in [2.05, 4.69) is 10.3 Å². The van der Waals surface area contributed by atoms with Gasteiger partial charge in [-0.2, -0.15) is 13.2 Å². The van der Waals surface area contributed by atoms with Crippen molar-refractivity contribution in [3.63, 3.8) is 0 Å². The van der Waals surface area contributed by atoms with Gasteiger partial charge in [-0.3, -0.25) is 4.99 Å². The highest BCUT2D eigenvalue weighted by Gasteiger charge is 2.47. The molecule has 0 aromatic heterocycles. The lowest BCUT2D eigenvalue weighted by atomic mass is 10.1. The van der Waals surface area contributed by atoms with Crippen LogP contribution in [0.5, 0.6) is 0 Å². The zero-order valence-electron chi connectivity index (χ0n) is 7.80. The molecule has 0 aliphatic carbocycles. The molecule has 1 saturated heterocycles. The summed E-state index contributed by atoms with van der Waals surface area (Å²) < 4.78 is 37.7. The van der Waals surface area contributed by atoms with Gasteiger partial charge in [0, 0.05) is 19.1 Å². The largest absolute Gasteiger partial charge is 0.408 e. The zero-order chi connectivity index (χ0) is 10.3. The second kappa shape index (κ2) is 3.03. The van der Waals surface area contributed by atoms with E-state index in [9.17, 15) is 13.2 Å². The molecular weight excluding hydrogens is 195 g/mol. The van der Waals surface area contributed by atoms with Crippen LogP contribution in [-0.2, 0) is 0 Å². The molecule has 0 aromatic carbocycles. The maximum absolute atomic E-state index is 12.6. The number of alkyl halides is 3. The van der Waals surface area contributed by atoms with Crippen LogP contribution in [-0.4, -0.2) is 42.2 Å². The zero-order valence-corrected chi connectivity index (χ0v) is 7.80. The summed E-state index contributed by atoms with van der Waals surface area (Å²) in [5, 5.41) is 2.93. The maximum Gasteiger partial charge on any atom is 0.408 e. The monoisotopic (exact) mass is 207 g/mol. The molecule has 1 N–H and O–H groups in total. The molecular formula is C8H12F3N3. The van der Waals surface area contributed by atoms with Crippen molar-refractivity contribution >= 4 is 5.96 Å². The van der Waals surface area contributed by atoms with E-state index in [-0.39, 0.29) is 19.0 Å². The molecule has 0 saturated carbocycles. The van der Waals surface area contributed by atoms with Gasteiger partial charge in [0.15, 0.2) is 5.96 Å². The Morgan fingerprint density at radius 3 is 2.86 bits per heavy atom.